The van der Waals surface area contributed by atoms with Crippen LogP contribution >= 0.6 is 0 Å². The summed E-state index contributed by atoms with van der Waals surface area (Å²) < 4.78 is 5.87. The molecule has 0 saturated heterocycles. The number of aromatic nitrogens is 2. The largest absolute Gasteiger partial charge is 0.508 e. The van der Waals surface area contributed by atoms with Gasteiger partial charge in [0.05, 0.1) is 5.69 Å². The van der Waals surface area contributed by atoms with Crippen molar-refractivity contribution in [2.45, 2.75) is 6.92 Å². The van der Waals surface area contributed by atoms with Crippen LogP contribution < -0.4 is 5.76 Å². The first-order valence-electron chi connectivity index (χ1n) is 4.03. The van der Waals surface area contributed by atoms with Crippen molar-refractivity contribution < 1.29 is 9.52 Å². The molecule has 0 saturated carbocycles. The maximum atomic E-state index is 11.2. The van der Waals surface area contributed by atoms with Crippen molar-refractivity contribution in [2.24, 2.45) is 0 Å². The molecule has 2 rings (SSSR count). The molecule has 1 heterocycles. The van der Waals surface area contributed by atoms with Crippen LogP contribution in [0.2, 0.25) is 0 Å². The minimum Gasteiger partial charge on any atom is -0.508 e. The lowest BCUT2D eigenvalue weighted by Crippen LogP contribution is -2.12. The van der Waals surface area contributed by atoms with E-state index in [0.717, 1.165) is 4.68 Å². The van der Waals surface area contributed by atoms with Crippen molar-refractivity contribution >= 4 is 0 Å². The predicted octanol–water partition coefficient (Wildman–Crippen LogP) is 0.840. The normalized spacial score (nSPS) is 10.4. The zero-order valence-electron chi connectivity index (χ0n) is 7.47. The highest BCUT2D eigenvalue weighted by molar-refractivity contribution is 5.35. The van der Waals surface area contributed by atoms with Gasteiger partial charge >= 0.3 is 5.76 Å². The van der Waals surface area contributed by atoms with Crippen LogP contribution in [0.1, 0.15) is 5.89 Å². The molecule has 0 bridgehead atoms. The average Bonchev–Trinajstić information content (AvgIpc) is 2.47. The van der Waals surface area contributed by atoms with Gasteiger partial charge in [0.2, 0.25) is 5.89 Å². The fraction of sp³-hybridized carbons (Fsp3) is 0.111. The van der Waals surface area contributed by atoms with Gasteiger partial charge in [-0.1, -0.05) is 0 Å². The number of hydrogen-bond acceptors (Lipinski definition) is 4. The summed E-state index contributed by atoms with van der Waals surface area (Å²) in [4.78, 5) is 11.2. The van der Waals surface area contributed by atoms with Crippen LogP contribution in [0.3, 0.4) is 0 Å². The Labute approximate surface area is 79.2 Å². The third-order valence-electron chi connectivity index (χ3n) is 1.74. The lowest BCUT2D eigenvalue weighted by Gasteiger charge is -1.97. The standard InChI is InChI=1S/C9H8N2O3/c1-6-10-11(9(13)14-6)7-2-4-8(12)5-3-7/h2-5,12H,1H3. The number of benzene rings is 1. The molecule has 5 nitrogen and oxygen atoms in total. The highest BCUT2D eigenvalue weighted by Gasteiger charge is 2.05. The van der Waals surface area contributed by atoms with E-state index in [0.29, 0.717) is 11.6 Å². The summed E-state index contributed by atoms with van der Waals surface area (Å²) in [5, 5.41) is 12.9. The average molecular weight is 192 g/mol. The Balaban J connectivity index is 2.54. The van der Waals surface area contributed by atoms with Crippen LogP contribution in [0, 0.1) is 6.92 Å². The lowest BCUT2D eigenvalue weighted by atomic mass is 10.3. The molecule has 72 valence electrons. The van der Waals surface area contributed by atoms with E-state index in [4.69, 9.17) is 9.52 Å². The summed E-state index contributed by atoms with van der Waals surface area (Å²) in [6, 6.07) is 6.12. The Morgan fingerprint density at radius 1 is 1.36 bits per heavy atom. The Morgan fingerprint density at radius 3 is 2.50 bits per heavy atom. The van der Waals surface area contributed by atoms with Crippen molar-refractivity contribution in [3.05, 3.63) is 40.7 Å². The molecular weight excluding hydrogens is 184 g/mol. The first-order chi connectivity index (χ1) is 6.66. The van der Waals surface area contributed by atoms with E-state index in [2.05, 4.69) is 5.10 Å². The first kappa shape index (κ1) is 8.55. The van der Waals surface area contributed by atoms with Crippen molar-refractivity contribution in [3.63, 3.8) is 0 Å². The molecule has 0 unspecified atom stereocenters. The van der Waals surface area contributed by atoms with Gasteiger partial charge in [-0.25, -0.2) is 4.79 Å². The van der Waals surface area contributed by atoms with Crippen LogP contribution in [0.4, 0.5) is 0 Å². The molecule has 5 heteroatoms. The van der Waals surface area contributed by atoms with E-state index in [-0.39, 0.29) is 5.75 Å². The van der Waals surface area contributed by atoms with Gasteiger partial charge < -0.3 is 9.52 Å². The van der Waals surface area contributed by atoms with E-state index in [1.54, 1.807) is 19.1 Å². The van der Waals surface area contributed by atoms with Gasteiger partial charge in [0.15, 0.2) is 0 Å². The van der Waals surface area contributed by atoms with Crippen molar-refractivity contribution in [3.8, 4) is 11.4 Å². The number of phenols is 1. The van der Waals surface area contributed by atoms with Gasteiger partial charge in [-0.05, 0) is 24.3 Å². The smallest absolute Gasteiger partial charge is 0.441 e. The summed E-state index contributed by atoms with van der Waals surface area (Å²) in [6.07, 6.45) is 0. The molecule has 0 amide bonds. The molecule has 0 fully saturated rings. The monoisotopic (exact) mass is 192 g/mol. The van der Waals surface area contributed by atoms with Crippen LogP contribution in [-0.4, -0.2) is 14.9 Å². The Hall–Kier alpha value is -2.04. The third kappa shape index (κ3) is 1.39. The summed E-state index contributed by atoms with van der Waals surface area (Å²) in [5.74, 6) is -0.0849. The Kier molecular flexibility index (Phi) is 1.85. The summed E-state index contributed by atoms with van der Waals surface area (Å²) in [6.45, 7) is 1.60. The summed E-state index contributed by atoms with van der Waals surface area (Å²) in [7, 11) is 0. The first-order valence-corrected chi connectivity index (χ1v) is 4.03. The zero-order chi connectivity index (χ0) is 10.1. The zero-order valence-corrected chi connectivity index (χ0v) is 7.47. The van der Waals surface area contributed by atoms with E-state index in [1.807, 2.05) is 0 Å². The maximum absolute atomic E-state index is 11.2. The van der Waals surface area contributed by atoms with Gasteiger partial charge in [0.1, 0.15) is 5.75 Å². The van der Waals surface area contributed by atoms with Crippen LogP contribution in [0.25, 0.3) is 5.69 Å². The molecule has 0 aliphatic carbocycles. The Bertz CT molecular complexity index is 496. The number of rotatable bonds is 1. The maximum Gasteiger partial charge on any atom is 0.441 e. The van der Waals surface area contributed by atoms with E-state index in [9.17, 15) is 4.79 Å². The number of aryl methyl sites for hydroxylation is 1. The molecule has 14 heavy (non-hydrogen) atoms. The van der Waals surface area contributed by atoms with Gasteiger partial charge in [0.25, 0.3) is 0 Å². The number of phenolic OH excluding ortho intramolecular Hbond substituents is 1. The minimum absolute atomic E-state index is 0.141. The molecule has 1 N–H and O–H groups in total. The van der Waals surface area contributed by atoms with Crippen molar-refractivity contribution in [1.82, 2.24) is 9.78 Å². The molecule has 0 aliphatic heterocycles. The van der Waals surface area contributed by atoms with Gasteiger partial charge in [-0.3, -0.25) is 0 Å². The molecule has 1 aromatic heterocycles. The molecule has 2 aromatic rings. The molecule has 0 spiro atoms. The van der Waals surface area contributed by atoms with Gasteiger partial charge in [-0.15, -0.1) is 5.10 Å². The second-order valence-corrected chi connectivity index (χ2v) is 2.82. The number of hydrogen-bond donors (Lipinski definition) is 1. The summed E-state index contributed by atoms with van der Waals surface area (Å²) in [5.41, 5.74) is 0.560. The molecular formula is C9H8N2O3. The van der Waals surface area contributed by atoms with Gasteiger partial charge in [-0.2, -0.15) is 4.68 Å². The fourth-order valence-electron chi connectivity index (χ4n) is 1.13. The number of nitrogens with zero attached hydrogens (tertiary/aromatic N) is 2. The van der Waals surface area contributed by atoms with Gasteiger partial charge in [0, 0.05) is 6.92 Å². The molecule has 0 atom stereocenters. The topological polar surface area (TPSA) is 68.3 Å². The van der Waals surface area contributed by atoms with E-state index >= 15 is 0 Å². The summed E-state index contributed by atoms with van der Waals surface area (Å²) >= 11 is 0. The molecule has 0 radical (unpaired) electrons. The SMILES string of the molecule is Cc1nn(-c2ccc(O)cc2)c(=O)o1. The van der Waals surface area contributed by atoms with Crippen molar-refractivity contribution in [1.29, 1.82) is 0 Å². The fourth-order valence-corrected chi connectivity index (χ4v) is 1.13. The lowest BCUT2D eigenvalue weighted by molar-refractivity contribution is 0.473. The minimum atomic E-state index is -0.534. The van der Waals surface area contributed by atoms with E-state index < -0.39 is 5.76 Å². The second-order valence-electron chi connectivity index (χ2n) is 2.82. The Morgan fingerprint density at radius 2 is 2.00 bits per heavy atom. The molecule has 0 aliphatic rings. The van der Waals surface area contributed by atoms with Crippen LogP contribution in [0.15, 0.2) is 33.5 Å². The highest BCUT2D eigenvalue weighted by atomic mass is 16.4. The van der Waals surface area contributed by atoms with Crippen LogP contribution in [-0.2, 0) is 0 Å². The number of aromatic hydroxyl groups is 1. The van der Waals surface area contributed by atoms with Crippen LogP contribution in [0.5, 0.6) is 5.75 Å². The second kappa shape index (κ2) is 3.02. The third-order valence-corrected chi connectivity index (χ3v) is 1.74. The predicted molar refractivity (Wildman–Crippen MR) is 48.5 cm³/mol. The molecule has 1 aromatic carbocycles. The quantitative estimate of drug-likeness (QED) is 0.726. The van der Waals surface area contributed by atoms with Crippen molar-refractivity contribution in [2.75, 3.05) is 0 Å². The highest BCUT2D eigenvalue weighted by Crippen LogP contribution is 2.11. The van der Waals surface area contributed by atoms with E-state index in [1.165, 1.54) is 12.1 Å².